The third-order valence-electron chi connectivity index (χ3n) is 4.40. The molecule has 2 aliphatic rings. The number of aliphatic imine (C=N–C) groups is 1. The second-order valence-electron chi connectivity index (χ2n) is 6.16. The van der Waals surface area contributed by atoms with Crippen LogP contribution in [0, 0.1) is 5.82 Å². The first-order valence-electron chi connectivity index (χ1n) is 8.75. The Labute approximate surface area is 170 Å². The number of halogens is 3. The summed E-state index contributed by atoms with van der Waals surface area (Å²) in [6.07, 6.45) is 0. The van der Waals surface area contributed by atoms with Crippen molar-refractivity contribution in [3.63, 3.8) is 0 Å². The van der Waals surface area contributed by atoms with Gasteiger partial charge in [0.15, 0.2) is 0 Å². The molecule has 2 aliphatic heterocycles. The van der Waals surface area contributed by atoms with Crippen LogP contribution in [0.3, 0.4) is 0 Å². The summed E-state index contributed by atoms with van der Waals surface area (Å²) in [6, 6.07) is 3.40. The van der Waals surface area contributed by atoms with Gasteiger partial charge in [0.2, 0.25) is 0 Å². The van der Waals surface area contributed by atoms with Gasteiger partial charge in [-0.25, -0.2) is 9.18 Å². The van der Waals surface area contributed by atoms with Crippen molar-refractivity contribution in [3.8, 4) is 0 Å². The molecule has 1 aromatic carbocycles. The summed E-state index contributed by atoms with van der Waals surface area (Å²) in [5.74, 6) is -0.208. The van der Waals surface area contributed by atoms with Crippen molar-refractivity contribution in [2.24, 2.45) is 4.99 Å². The maximum Gasteiger partial charge on any atom is 0.338 e. The Morgan fingerprint density at radius 1 is 1.44 bits per heavy atom. The molecule has 1 aromatic rings. The monoisotopic (exact) mass is 458 g/mol. The van der Waals surface area contributed by atoms with E-state index < -0.39 is 17.8 Å². The molecule has 0 bridgehead atoms. The summed E-state index contributed by atoms with van der Waals surface area (Å²) >= 11 is 9.73. The normalized spacial score (nSPS) is 22.9. The molecule has 2 atom stereocenters. The lowest BCUT2D eigenvalue weighted by Gasteiger charge is -2.33. The highest BCUT2D eigenvalue weighted by molar-refractivity contribution is 9.09. The van der Waals surface area contributed by atoms with Crippen molar-refractivity contribution in [3.05, 3.63) is 45.9 Å². The summed E-state index contributed by atoms with van der Waals surface area (Å²) in [6.45, 7) is 4.39. The molecule has 146 valence electrons. The predicted octanol–water partition coefficient (Wildman–Crippen LogP) is 2.30. The van der Waals surface area contributed by atoms with Crippen LogP contribution in [-0.4, -0.2) is 49.4 Å². The minimum Gasteiger partial charge on any atom is -0.463 e. The van der Waals surface area contributed by atoms with Crippen LogP contribution < -0.4 is 16.0 Å². The number of hydrogen-bond donors (Lipinski definition) is 3. The zero-order valence-corrected chi connectivity index (χ0v) is 17.2. The van der Waals surface area contributed by atoms with E-state index in [4.69, 9.17) is 21.3 Å². The lowest BCUT2D eigenvalue weighted by Crippen LogP contribution is -2.56. The minimum atomic E-state index is -0.676. The third kappa shape index (κ3) is 4.51. The number of benzene rings is 1. The first-order valence-corrected chi connectivity index (χ1v) is 10.2. The number of carbonyl (C=O) groups excluding carboxylic acids is 1. The highest BCUT2D eigenvalue weighted by Gasteiger charge is 2.34. The van der Waals surface area contributed by atoms with Gasteiger partial charge in [-0.2, -0.15) is 0 Å². The number of alkyl halides is 1. The van der Waals surface area contributed by atoms with Gasteiger partial charge in [0.1, 0.15) is 17.7 Å². The lowest BCUT2D eigenvalue weighted by atomic mass is 9.95. The van der Waals surface area contributed by atoms with Gasteiger partial charge in [-0.05, 0) is 19.1 Å². The smallest absolute Gasteiger partial charge is 0.338 e. The summed E-state index contributed by atoms with van der Waals surface area (Å²) in [4.78, 5) is 17.4. The molecule has 6 nitrogen and oxygen atoms in total. The van der Waals surface area contributed by atoms with Crippen LogP contribution in [0.15, 0.2) is 34.5 Å². The Bertz CT molecular complexity index is 781. The highest BCUT2D eigenvalue weighted by atomic mass is 79.9. The van der Waals surface area contributed by atoms with E-state index in [-0.39, 0.29) is 17.7 Å². The fourth-order valence-electron chi connectivity index (χ4n) is 3.14. The first kappa shape index (κ1) is 20.3. The average molecular weight is 460 g/mol. The Hall–Kier alpha value is -1.48. The Kier molecular flexibility index (Phi) is 6.86. The zero-order valence-electron chi connectivity index (χ0n) is 14.8. The SMILES string of the molecule is CCOC(=O)C1=C(CBr)NC(C2CNCCN2)=NC1c1ccc(F)cc1Cl. The zero-order chi connectivity index (χ0) is 19.4. The van der Waals surface area contributed by atoms with E-state index in [0.717, 1.165) is 13.1 Å². The van der Waals surface area contributed by atoms with Crippen LogP contribution in [0.1, 0.15) is 18.5 Å². The topological polar surface area (TPSA) is 74.8 Å². The number of piperazine rings is 1. The molecule has 0 aromatic heterocycles. The molecule has 1 fully saturated rings. The maximum atomic E-state index is 13.5. The van der Waals surface area contributed by atoms with E-state index in [1.54, 1.807) is 13.0 Å². The van der Waals surface area contributed by atoms with Gasteiger partial charge in [0.25, 0.3) is 0 Å². The molecular weight excluding hydrogens is 439 g/mol. The standard InChI is InChI=1S/C18H21BrClFN4O2/c1-2-27-18(26)15-13(8-19)24-17(14-9-22-5-6-23-14)25-16(15)11-4-3-10(21)7-12(11)20/h3-4,7,14,16,22-23H,2,5-6,8-9H2,1H3,(H,24,25). The second-order valence-corrected chi connectivity index (χ2v) is 7.13. The molecule has 2 unspecified atom stereocenters. The molecule has 0 amide bonds. The van der Waals surface area contributed by atoms with Gasteiger partial charge >= 0.3 is 5.97 Å². The second kappa shape index (κ2) is 9.14. The van der Waals surface area contributed by atoms with Crippen molar-refractivity contribution < 1.29 is 13.9 Å². The van der Waals surface area contributed by atoms with E-state index in [9.17, 15) is 9.18 Å². The molecule has 27 heavy (non-hydrogen) atoms. The van der Waals surface area contributed by atoms with Crippen molar-refractivity contribution in [1.82, 2.24) is 16.0 Å². The molecular formula is C18H21BrClFN4O2. The first-order chi connectivity index (χ1) is 13.0. The molecule has 0 spiro atoms. The van der Waals surface area contributed by atoms with Crippen LogP contribution in [0.2, 0.25) is 5.02 Å². The van der Waals surface area contributed by atoms with Crippen LogP contribution in [0.25, 0.3) is 0 Å². The van der Waals surface area contributed by atoms with E-state index in [2.05, 4.69) is 31.9 Å². The molecule has 9 heteroatoms. The molecule has 0 aliphatic carbocycles. The Balaban J connectivity index is 2.06. The molecule has 0 radical (unpaired) electrons. The van der Waals surface area contributed by atoms with Gasteiger partial charge in [-0.3, -0.25) is 4.99 Å². The van der Waals surface area contributed by atoms with Gasteiger partial charge in [-0.1, -0.05) is 33.6 Å². The van der Waals surface area contributed by atoms with Crippen molar-refractivity contribution in [2.75, 3.05) is 31.6 Å². The maximum absolute atomic E-state index is 13.5. The van der Waals surface area contributed by atoms with Gasteiger partial charge < -0.3 is 20.7 Å². The van der Waals surface area contributed by atoms with E-state index >= 15 is 0 Å². The third-order valence-corrected chi connectivity index (χ3v) is 5.29. The molecule has 3 N–H and O–H groups in total. The van der Waals surface area contributed by atoms with Crippen LogP contribution >= 0.6 is 27.5 Å². The van der Waals surface area contributed by atoms with Gasteiger partial charge in [0, 0.05) is 41.2 Å². The van der Waals surface area contributed by atoms with E-state index in [1.807, 2.05) is 0 Å². The van der Waals surface area contributed by atoms with Crippen molar-refractivity contribution in [1.29, 1.82) is 0 Å². The predicted molar refractivity (Wildman–Crippen MR) is 107 cm³/mol. The Morgan fingerprint density at radius 2 is 2.26 bits per heavy atom. The molecule has 0 saturated carbocycles. The number of carbonyl (C=O) groups is 1. The highest BCUT2D eigenvalue weighted by Crippen LogP contribution is 2.36. The number of hydrogen-bond acceptors (Lipinski definition) is 6. The largest absolute Gasteiger partial charge is 0.463 e. The number of rotatable bonds is 5. The van der Waals surface area contributed by atoms with Crippen LogP contribution in [0.5, 0.6) is 0 Å². The number of ether oxygens (including phenoxy) is 1. The average Bonchev–Trinajstić information content (AvgIpc) is 2.68. The summed E-state index contributed by atoms with van der Waals surface area (Å²) in [5, 5.41) is 10.6. The van der Waals surface area contributed by atoms with E-state index in [0.29, 0.717) is 34.5 Å². The Morgan fingerprint density at radius 3 is 2.89 bits per heavy atom. The van der Waals surface area contributed by atoms with Crippen molar-refractivity contribution in [2.45, 2.75) is 19.0 Å². The molecule has 1 saturated heterocycles. The van der Waals surface area contributed by atoms with E-state index in [1.165, 1.54) is 12.1 Å². The number of nitrogens with one attached hydrogen (secondary N) is 3. The summed E-state index contributed by atoms with van der Waals surface area (Å²) < 4.78 is 18.8. The number of amidine groups is 1. The number of esters is 1. The van der Waals surface area contributed by atoms with Gasteiger partial charge in [0.05, 0.1) is 18.2 Å². The number of allylic oxidation sites excluding steroid dienone is 1. The summed E-state index contributed by atoms with van der Waals surface area (Å²) in [7, 11) is 0. The molecule has 2 heterocycles. The quantitative estimate of drug-likeness (QED) is 0.465. The van der Waals surface area contributed by atoms with Crippen molar-refractivity contribution >= 4 is 39.3 Å². The molecule has 3 rings (SSSR count). The van der Waals surface area contributed by atoms with Gasteiger partial charge in [-0.15, -0.1) is 0 Å². The minimum absolute atomic E-state index is 0.0294. The van der Waals surface area contributed by atoms with Crippen LogP contribution in [-0.2, 0) is 9.53 Å². The fourth-order valence-corrected chi connectivity index (χ4v) is 3.86. The lowest BCUT2D eigenvalue weighted by molar-refractivity contribution is -0.138. The van der Waals surface area contributed by atoms with Crippen LogP contribution in [0.4, 0.5) is 4.39 Å². The number of nitrogens with zero attached hydrogens (tertiary/aromatic N) is 1. The summed E-state index contributed by atoms with van der Waals surface area (Å²) in [5.41, 5.74) is 1.59. The fraction of sp³-hybridized carbons (Fsp3) is 0.444.